The largest absolute Gasteiger partial charge is 0.373 e. The van der Waals surface area contributed by atoms with Crippen molar-refractivity contribution in [1.82, 2.24) is 24.9 Å². The van der Waals surface area contributed by atoms with Gasteiger partial charge in [-0.15, -0.1) is 0 Å². The average molecular weight is 403 g/mol. The van der Waals surface area contributed by atoms with E-state index in [1.54, 1.807) is 12.4 Å². The summed E-state index contributed by atoms with van der Waals surface area (Å²) in [7, 11) is 1.91. The van der Waals surface area contributed by atoms with Crippen LogP contribution < -0.4 is 10.6 Å². The van der Waals surface area contributed by atoms with E-state index in [-0.39, 0.29) is 0 Å². The average Bonchev–Trinajstić information content (AvgIpc) is 3.04. The van der Waals surface area contributed by atoms with Gasteiger partial charge >= 0.3 is 0 Å². The standard InChI is InChI=1S/C12H16BrN5.C6H7N/c1-14-11-5-10(8-3-2-4-15-6-8)17-12-9(13)7-16-18(11)12;1-6-3-2-4-7-5-6/h5,7-8,14-15H,2-4,6H2,1H3;2-5H,1H3. The molecule has 132 valence electrons. The Bertz CT molecular complexity index is 811. The molecule has 3 aromatic rings. The Labute approximate surface area is 156 Å². The molecule has 1 unspecified atom stereocenters. The van der Waals surface area contributed by atoms with E-state index in [1.807, 2.05) is 36.8 Å². The van der Waals surface area contributed by atoms with Crippen molar-refractivity contribution in [2.24, 2.45) is 0 Å². The highest BCUT2D eigenvalue weighted by molar-refractivity contribution is 9.10. The normalized spacial score (nSPS) is 17.0. The first-order chi connectivity index (χ1) is 12.2. The smallest absolute Gasteiger partial charge is 0.171 e. The van der Waals surface area contributed by atoms with Crippen molar-refractivity contribution >= 4 is 27.4 Å². The molecule has 7 heteroatoms. The van der Waals surface area contributed by atoms with Crippen LogP contribution in [0.5, 0.6) is 0 Å². The molecule has 4 heterocycles. The van der Waals surface area contributed by atoms with Gasteiger partial charge in [-0.25, -0.2) is 4.98 Å². The van der Waals surface area contributed by atoms with Gasteiger partial charge in [0.25, 0.3) is 0 Å². The zero-order valence-corrected chi connectivity index (χ0v) is 16.1. The minimum Gasteiger partial charge on any atom is -0.373 e. The van der Waals surface area contributed by atoms with Gasteiger partial charge in [0.15, 0.2) is 5.65 Å². The molecule has 0 bridgehead atoms. The van der Waals surface area contributed by atoms with E-state index >= 15 is 0 Å². The first kappa shape index (κ1) is 17.8. The molecular weight excluding hydrogens is 380 g/mol. The van der Waals surface area contributed by atoms with Crippen LogP contribution >= 0.6 is 15.9 Å². The fraction of sp³-hybridized carbons (Fsp3) is 0.389. The number of aromatic nitrogens is 4. The van der Waals surface area contributed by atoms with Crippen LogP contribution in [0.3, 0.4) is 0 Å². The quantitative estimate of drug-likeness (QED) is 0.687. The van der Waals surface area contributed by atoms with Crippen LogP contribution in [0, 0.1) is 6.92 Å². The Kier molecular flexibility index (Phi) is 5.99. The third-order valence-electron chi connectivity index (χ3n) is 4.23. The Hall–Kier alpha value is -1.99. The molecule has 1 saturated heterocycles. The summed E-state index contributed by atoms with van der Waals surface area (Å²) in [5, 5.41) is 10.9. The SMILES string of the molecule is CNc1cc(C2CCCNC2)nc2c(Br)cnn12.Cc1cccnc1. The van der Waals surface area contributed by atoms with Crippen molar-refractivity contribution in [3.05, 3.63) is 52.5 Å². The maximum atomic E-state index is 4.74. The van der Waals surface area contributed by atoms with Crippen LogP contribution in [-0.2, 0) is 0 Å². The molecule has 25 heavy (non-hydrogen) atoms. The topological polar surface area (TPSA) is 67.1 Å². The first-order valence-electron chi connectivity index (χ1n) is 8.48. The van der Waals surface area contributed by atoms with Crippen molar-refractivity contribution in [3.63, 3.8) is 0 Å². The Balaban J connectivity index is 0.000000219. The lowest BCUT2D eigenvalue weighted by Crippen LogP contribution is -2.29. The van der Waals surface area contributed by atoms with E-state index in [4.69, 9.17) is 4.98 Å². The lowest BCUT2D eigenvalue weighted by atomic mass is 9.96. The summed E-state index contributed by atoms with van der Waals surface area (Å²) in [6.07, 6.45) is 7.80. The van der Waals surface area contributed by atoms with E-state index in [0.717, 1.165) is 34.7 Å². The Morgan fingerprint density at radius 3 is 2.84 bits per heavy atom. The number of hydrogen-bond acceptors (Lipinski definition) is 5. The van der Waals surface area contributed by atoms with Gasteiger partial charge in [0.1, 0.15) is 5.82 Å². The number of piperidine rings is 1. The van der Waals surface area contributed by atoms with E-state index in [9.17, 15) is 0 Å². The predicted octanol–water partition coefficient (Wildman–Crippen LogP) is 3.39. The van der Waals surface area contributed by atoms with E-state index in [0.29, 0.717) is 5.92 Å². The van der Waals surface area contributed by atoms with Gasteiger partial charge in [0, 0.05) is 38.0 Å². The number of fused-ring (bicyclic) bond motifs is 1. The zero-order chi connectivity index (χ0) is 17.6. The third kappa shape index (κ3) is 4.35. The molecule has 0 amide bonds. The highest BCUT2D eigenvalue weighted by Crippen LogP contribution is 2.27. The number of rotatable bonds is 2. The zero-order valence-electron chi connectivity index (χ0n) is 14.5. The second kappa shape index (κ2) is 8.40. The van der Waals surface area contributed by atoms with Crippen LogP contribution in [0.25, 0.3) is 5.65 Å². The van der Waals surface area contributed by atoms with Crippen molar-refractivity contribution in [2.75, 3.05) is 25.5 Å². The molecule has 1 aliphatic rings. The van der Waals surface area contributed by atoms with Crippen molar-refractivity contribution < 1.29 is 0 Å². The molecule has 1 atom stereocenters. The van der Waals surface area contributed by atoms with Crippen LogP contribution in [0.4, 0.5) is 5.82 Å². The summed E-state index contributed by atoms with van der Waals surface area (Å²) >= 11 is 3.50. The number of nitrogens with one attached hydrogen (secondary N) is 2. The molecule has 0 aromatic carbocycles. The van der Waals surface area contributed by atoms with Crippen LogP contribution in [-0.4, -0.2) is 39.7 Å². The molecule has 0 saturated carbocycles. The highest BCUT2D eigenvalue weighted by Gasteiger charge is 2.19. The monoisotopic (exact) mass is 402 g/mol. The van der Waals surface area contributed by atoms with Crippen molar-refractivity contribution in [3.8, 4) is 0 Å². The van der Waals surface area contributed by atoms with Crippen LogP contribution in [0.15, 0.2) is 41.3 Å². The van der Waals surface area contributed by atoms with Gasteiger partial charge in [-0.1, -0.05) is 6.07 Å². The maximum Gasteiger partial charge on any atom is 0.171 e. The third-order valence-corrected chi connectivity index (χ3v) is 4.79. The van der Waals surface area contributed by atoms with Gasteiger partial charge in [-0.2, -0.15) is 9.61 Å². The second-order valence-corrected chi connectivity index (χ2v) is 6.97. The summed E-state index contributed by atoms with van der Waals surface area (Å²) in [4.78, 5) is 8.62. The first-order valence-corrected chi connectivity index (χ1v) is 9.27. The molecule has 0 spiro atoms. The molecule has 0 aliphatic carbocycles. The fourth-order valence-corrected chi connectivity index (χ4v) is 3.24. The van der Waals surface area contributed by atoms with Crippen molar-refractivity contribution in [2.45, 2.75) is 25.7 Å². The summed E-state index contributed by atoms with van der Waals surface area (Å²) in [5.74, 6) is 1.48. The molecule has 6 nitrogen and oxygen atoms in total. The number of pyridine rings is 1. The summed E-state index contributed by atoms with van der Waals surface area (Å²) in [5.41, 5.74) is 3.23. The van der Waals surface area contributed by atoms with Crippen LogP contribution in [0.2, 0.25) is 0 Å². The summed E-state index contributed by atoms with van der Waals surface area (Å²) < 4.78 is 2.76. The number of nitrogens with zero attached hydrogens (tertiary/aromatic N) is 4. The number of hydrogen-bond donors (Lipinski definition) is 2. The molecule has 4 rings (SSSR count). The predicted molar refractivity (Wildman–Crippen MR) is 104 cm³/mol. The minimum atomic E-state index is 0.498. The Morgan fingerprint density at radius 1 is 1.36 bits per heavy atom. The van der Waals surface area contributed by atoms with Gasteiger partial charge in [-0.3, -0.25) is 4.98 Å². The number of anilines is 1. The fourth-order valence-electron chi connectivity index (χ4n) is 2.89. The molecule has 2 N–H and O–H groups in total. The summed E-state index contributed by atoms with van der Waals surface area (Å²) in [6, 6.07) is 6.05. The molecule has 3 aromatic heterocycles. The summed E-state index contributed by atoms with van der Waals surface area (Å²) in [6.45, 7) is 4.15. The van der Waals surface area contributed by atoms with Crippen molar-refractivity contribution in [1.29, 1.82) is 0 Å². The van der Waals surface area contributed by atoms with E-state index in [1.165, 1.54) is 18.4 Å². The van der Waals surface area contributed by atoms with Gasteiger partial charge in [-0.05, 0) is 53.9 Å². The Morgan fingerprint density at radius 2 is 2.24 bits per heavy atom. The number of aryl methyl sites for hydroxylation is 1. The van der Waals surface area contributed by atoms with Gasteiger partial charge in [0.05, 0.1) is 16.4 Å². The van der Waals surface area contributed by atoms with E-state index < -0.39 is 0 Å². The molecule has 1 fully saturated rings. The molecule has 1 aliphatic heterocycles. The lowest BCUT2D eigenvalue weighted by molar-refractivity contribution is 0.455. The highest BCUT2D eigenvalue weighted by atomic mass is 79.9. The second-order valence-electron chi connectivity index (χ2n) is 6.12. The maximum absolute atomic E-state index is 4.74. The molecular formula is C18H23BrN6. The van der Waals surface area contributed by atoms with Gasteiger partial charge < -0.3 is 10.6 Å². The van der Waals surface area contributed by atoms with Gasteiger partial charge in [0.2, 0.25) is 0 Å². The van der Waals surface area contributed by atoms with E-state index in [2.05, 4.69) is 42.7 Å². The molecule has 0 radical (unpaired) electrons. The lowest BCUT2D eigenvalue weighted by Gasteiger charge is -2.22. The van der Waals surface area contributed by atoms with Crippen LogP contribution in [0.1, 0.15) is 30.0 Å². The number of halogens is 1. The minimum absolute atomic E-state index is 0.498.